The molecule has 0 bridgehead atoms. The SMILES string of the molecule is C[C@]1(COc2ccc3cc(Br)c(N)nc3c2)O[C@@H](n2ccc3c(N)ncnc32)[C@H](O)[C@@H]1O. The van der Waals surface area contributed by atoms with Crippen LogP contribution in [0, 0.1) is 0 Å². The average molecular weight is 501 g/mol. The molecule has 166 valence electrons. The standard InChI is InChI=1S/C21H21BrN6O4/c1-21(8-31-11-3-2-10-6-13(22)18(24)27-14(10)7-11)16(30)15(29)20(32-21)28-5-4-12-17(23)25-9-26-19(12)28/h2-7,9,15-16,20,29-30H,8H2,1H3,(H2,24,27)(H2,23,25,26)/t15-,16+,20-,21-/m1/s1. The summed E-state index contributed by atoms with van der Waals surface area (Å²) in [5, 5.41) is 23.0. The number of fused-ring (bicyclic) bond motifs is 2. The number of aromatic nitrogens is 4. The molecule has 10 nitrogen and oxygen atoms in total. The fourth-order valence-electron chi connectivity index (χ4n) is 3.92. The van der Waals surface area contributed by atoms with Crippen molar-refractivity contribution in [1.29, 1.82) is 0 Å². The Hall–Kier alpha value is -2.99. The van der Waals surface area contributed by atoms with Gasteiger partial charge in [-0.15, -0.1) is 0 Å². The second-order valence-electron chi connectivity index (χ2n) is 7.97. The van der Waals surface area contributed by atoms with Gasteiger partial charge in [-0.25, -0.2) is 15.0 Å². The predicted octanol–water partition coefficient (Wildman–Crippen LogP) is 1.99. The van der Waals surface area contributed by atoms with Crippen molar-refractivity contribution in [2.75, 3.05) is 18.1 Å². The summed E-state index contributed by atoms with van der Waals surface area (Å²) < 4.78 is 14.4. The molecule has 1 fully saturated rings. The van der Waals surface area contributed by atoms with Crippen molar-refractivity contribution in [2.24, 2.45) is 0 Å². The molecule has 11 heteroatoms. The molecule has 1 aromatic carbocycles. The number of pyridine rings is 1. The maximum Gasteiger partial charge on any atom is 0.164 e. The smallest absolute Gasteiger partial charge is 0.164 e. The number of nitrogens with zero attached hydrogens (tertiary/aromatic N) is 4. The Balaban J connectivity index is 1.38. The molecule has 1 aliphatic heterocycles. The normalized spacial score (nSPS) is 25.6. The van der Waals surface area contributed by atoms with Crippen LogP contribution < -0.4 is 16.2 Å². The summed E-state index contributed by atoms with van der Waals surface area (Å²) in [6.07, 6.45) is -0.241. The summed E-state index contributed by atoms with van der Waals surface area (Å²) in [7, 11) is 0. The van der Waals surface area contributed by atoms with E-state index in [4.69, 9.17) is 20.9 Å². The van der Waals surface area contributed by atoms with E-state index in [1.165, 1.54) is 6.33 Å². The van der Waals surface area contributed by atoms with Crippen LogP contribution in [0.2, 0.25) is 0 Å². The lowest BCUT2D eigenvalue weighted by molar-refractivity contribution is -0.110. The van der Waals surface area contributed by atoms with Crippen LogP contribution in [0.5, 0.6) is 5.75 Å². The quantitative estimate of drug-likeness (QED) is 0.329. The van der Waals surface area contributed by atoms with E-state index in [1.807, 2.05) is 12.1 Å². The first-order valence-electron chi connectivity index (χ1n) is 9.86. The number of nitrogen functional groups attached to an aromatic ring is 2. The Morgan fingerprint density at radius 2 is 2.00 bits per heavy atom. The number of rotatable bonds is 4. The van der Waals surface area contributed by atoms with Crippen LogP contribution >= 0.6 is 15.9 Å². The lowest BCUT2D eigenvalue weighted by Crippen LogP contribution is -2.45. The lowest BCUT2D eigenvalue weighted by atomic mass is 9.98. The first-order chi connectivity index (χ1) is 15.3. The van der Waals surface area contributed by atoms with Crippen LogP contribution in [0.15, 0.2) is 47.3 Å². The number of aliphatic hydroxyl groups excluding tert-OH is 2. The molecule has 5 rings (SSSR count). The van der Waals surface area contributed by atoms with Gasteiger partial charge in [0, 0.05) is 17.6 Å². The highest BCUT2D eigenvalue weighted by Crippen LogP contribution is 2.39. The minimum atomic E-state index is -1.20. The summed E-state index contributed by atoms with van der Waals surface area (Å²) >= 11 is 3.37. The largest absolute Gasteiger partial charge is 0.490 e. The van der Waals surface area contributed by atoms with E-state index < -0.39 is 24.0 Å². The molecular weight excluding hydrogens is 480 g/mol. The molecule has 0 saturated carbocycles. The van der Waals surface area contributed by atoms with E-state index in [9.17, 15) is 10.2 Å². The van der Waals surface area contributed by atoms with Gasteiger partial charge in [-0.05, 0) is 47.1 Å². The molecule has 0 unspecified atom stereocenters. The highest BCUT2D eigenvalue weighted by molar-refractivity contribution is 9.10. The predicted molar refractivity (Wildman–Crippen MR) is 122 cm³/mol. The molecule has 1 aliphatic rings. The van der Waals surface area contributed by atoms with Gasteiger partial charge < -0.3 is 35.7 Å². The van der Waals surface area contributed by atoms with Gasteiger partial charge in [-0.3, -0.25) is 0 Å². The Morgan fingerprint density at radius 1 is 1.19 bits per heavy atom. The zero-order chi connectivity index (χ0) is 22.6. The summed E-state index contributed by atoms with van der Waals surface area (Å²) in [4.78, 5) is 12.6. The monoisotopic (exact) mass is 500 g/mol. The number of benzene rings is 1. The third-order valence-electron chi connectivity index (χ3n) is 5.74. The molecule has 4 aromatic rings. The second-order valence-corrected chi connectivity index (χ2v) is 8.83. The van der Waals surface area contributed by atoms with Gasteiger partial charge in [-0.2, -0.15) is 0 Å². The van der Waals surface area contributed by atoms with Gasteiger partial charge in [-0.1, -0.05) is 0 Å². The highest BCUT2D eigenvalue weighted by atomic mass is 79.9. The van der Waals surface area contributed by atoms with Crippen LogP contribution in [0.4, 0.5) is 11.6 Å². The maximum absolute atomic E-state index is 10.8. The molecule has 32 heavy (non-hydrogen) atoms. The Labute approximate surface area is 190 Å². The van der Waals surface area contributed by atoms with Gasteiger partial charge in [0.2, 0.25) is 0 Å². The number of aliphatic hydroxyl groups is 2. The minimum absolute atomic E-state index is 0.00440. The van der Waals surface area contributed by atoms with Crippen LogP contribution in [-0.2, 0) is 4.74 Å². The van der Waals surface area contributed by atoms with Crippen molar-refractivity contribution in [1.82, 2.24) is 19.5 Å². The Bertz CT molecular complexity index is 1330. The number of ether oxygens (including phenoxy) is 2. The molecule has 4 heterocycles. The summed E-state index contributed by atoms with van der Waals surface area (Å²) in [6, 6.07) is 9.04. The van der Waals surface area contributed by atoms with Crippen molar-refractivity contribution in [2.45, 2.75) is 31.0 Å². The van der Waals surface area contributed by atoms with Gasteiger partial charge in [0.25, 0.3) is 0 Å². The lowest BCUT2D eigenvalue weighted by Gasteiger charge is -2.27. The van der Waals surface area contributed by atoms with E-state index in [0.29, 0.717) is 33.9 Å². The number of anilines is 2. The van der Waals surface area contributed by atoms with Crippen molar-refractivity contribution >= 4 is 49.5 Å². The van der Waals surface area contributed by atoms with Crippen LogP contribution in [0.1, 0.15) is 13.2 Å². The molecule has 0 radical (unpaired) electrons. The van der Waals surface area contributed by atoms with E-state index in [1.54, 1.807) is 35.9 Å². The summed E-state index contributed by atoms with van der Waals surface area (Å²) in [5.41, 5.74) is 11.8. The zero-order valence-electron chi connectivity index (χ0n) is 17.0. The molecule has 6 N–H and O–H groups in total. The number of hydrogen-bond donors (Lipinski definition) is 4. The zero-order valence-corrected chi connectivity index (χ0v) is 18.6. The maximum atomic E-state index is 10.8. The van der Waals surface area contributed by atoms with Gasteiger partial charge in [0.15, 0.2) is 6.23 Å². The molecule has 1 saturated heterocycles. The first kappa shape index (κ1) is 20.9. The van der Waals surface area contributed by atoms with Gasteiger partial charge in [0.05, 0.1) is 15.4 Å². The topological polar surface area (TPSA) is 155 Å². The second kappa shape index (κ2) is 7.55. The van der Waals surface area contributed by atoms with Crippen molar-refractivity contribution in [3.8, 4) is 5.75 Å². The fourth-order valence-corrected chi connectivity index (χ4v) is 4.26. The van der Waals surface area contributed by atoms with E-state index in [0.717, 1.165) is 9.86 Å². The average Bonchev–Trinajstić information content (AvgIpc) is 3.29. The molecular formula is C21H21BrN6O4. The van der Waals surface area contributed by atoms with E-state index >= 15 is 0 Å². The van der Waals surface area contributed by atoms with Gasteiger partial charge >= 0.3 is 0 Å². The molecule has 3 aromatic heterocycles. The minimum Gasteiger partial charge on any atom is -0.490 e. The summed E-state index contributed by atoms with van der Waals surface area (Å²) in [6.45, 7) is 1.68. The third kappa shape index (κ3) is 3.34. The number of halogens is 1. The Morgan fingerprint density at radius 3 is 2.81 bits per heavy atom. The van der Waals surface area contributed by atoms with E-state index in [-0.39, 0.29) is 6.61 Å². The molecule has 4 atom stereocenters. The molecule has 0 spiro atoms. The third-order valence-corrected chi connectivity index (χ3v) is 6.38. The first-order valence-corrected chi connectivity index (χ1v) is 10.7. The van der Waals surface area contributed by atoms with Crippen LogP contribution in [0.3, 0.4) is 0 Å². The molecule has 0 aliphatic carbocycles. The van der Waals surface area contributed by atoms with Crippen LogP contribution in [0.25, 0.3) is 21.9 Å². The van der Waals surface area contributed by atoms with Gasteiger partial charge in [0.1, 0.15) is 53.8 Å². The number of hydrogen-bond acceptors (Lipinski definition) is 9. The molecule has 0 amide bonds. The van der Waals surface area contributed by atoms with Crippen molar-refractivity contribution in [3.63, 3.8) is 0 Å². The van der Waals surface area contributed by atoms with Crippen molar-refractivity contribution < 1.29 is 19.7 Å². The summed E-state index contributed by atoms with van der Waals surface area (Å²) in [5.74, 6) is 1.24. The highest BCUT2D eigenvalue weighted by Gasteiger charge is 2.52. The van der Waals surface area contributed by atoms with Crippen LogP contribution in [-0.4, -0.2) is 54.1 Å². The fraction of sp³-hybridized carbons (Fsp3) is 0.286. The van der Waals surface area contributed by atoms with Crippen molar-refractivity contribution in [3.05, 3.63) is 47.3 Å². The van der Waals surface area contributed by atoms with E-state index in [2.05, 4.69) is 30.9 Å². The Kier molecular flexibility index (Phi) is 4.93. The number of nitrogens with two attached hydrogens (primary N) is 2.